The summed E-state index contributed by atoms with van der Waals surface area (Å²) in [4.78, 5) is 1.64. The lowest BCUT2D eigenvalue weighted by Gasteiger charge is -1.97. The zero-order chi connectivity index (χ0) is 4.99. The first kappa shape index (κ1) is 5.27. The van der Waals surface area contributed by atoms with Crippen molar-refractivity contribution < 1.29 is 5.21 Å². The highest BCUT2D eigenvalue weighted by Crippen LogP contribution is 1.58. The van der Waals surface area contributed by atoms with Gasteiger partial charge in [-0.2, -0.15) is 0 Å². The lowest BCUT2D eigenvalue weighted by molar-refractivity contribution is 0.314. The Labute approximate surface area is 36.9 Å². The van der Waals surface area contributed by atoms with Crippen molar-refractivity contribution in [3.05, 3.63) is 0 Å². The van der Waals surface area contributed by atoms with E-state index in [0.29, 0.717) is 0 Å². The van der Waals surface area contributed by atoms with Crippen molar-refractivity contribution in [1.29, 1.82) is 0 Å². The van der Waals surface area contributed by atoms with Gasteiger partial charge in [-0.3, -0.25) is 0 Å². The van der Waals surface area contributed by atoms with Gasteiger partial charge in [-0.25, -0.2) is 0 Å². The number of hydrogen-bond acceptors (Lipinski definition) is 2. The van der Waals surface area contributed by atoms with Crippen molar-refractivity contribution >= 4 is 6.34 Å². The first-order valence-corrected chi connectivity index (χ1v) is 1.61. The molecule has 0 spiro atoms. The Balaban J connectivity index is 3.03. The second kappa shape index (κ2) is 2.50. The van der Waals surface area contributed by atoms with Gasteiger partial charge < -0.3 is 10.1 Å². The second-order valence-corrected chi connectivity index (χ2v) is 1.19. The van der Waals surface area contributed by atoms with Gasteiger partial charge in [0.25, 0.3) is 0 Å². The Morgan fingerprint density at radius 2 is 2.17 bits per heavy atom. The van der Waals surface area contributed by atoms with Gasteiger partial charge in [0.15, 0.2) is 0 Å². The summed E-state index contributed by atoms with van der Waals surface area (Å²) in [5.74, 6) is 0. The van der Waals surface area contributed by atoms with E-state index in [0.717, 1.165) is 0 Å². The highest BCUT2D eigenvalue weighted by atomic mass is 16.4. The molecule has 3 nitrogen and oxygen atoms in total. The third-order valence-electron chi connectivity index (χ3n) is 0.283. The topological polar surface area (TPSA) is 35.8 Å². The van der Waals surface area contributed by atoms with Crippen LogP contribution in [0.25, 0.3) is 0 Å². The molecule has 0 aliphatic rings. The molecule has 0 aliphatic heterocycles. The number of oxime groups is 1. The molecule has 0 unspecified atom stereocenters. The Bertz CT molecular complexity index is 50.8. The van der Waals surface area contributed by atoms with E-state index < -0.39 is 0 Å². The number of rotatable bonds is 1. The summed E-state index contributed by atoms with van der Waals surface area (Å²) >= 11 is 0. The van der Waals surface area contributed by atoms with E-state index in [9.17, 15) is 0 Å². The van der Waals surface area contributed by atoms with E-state index in [4.69, 9.17) is 5.21 Å². The monoisotopic (exact) mass is 88.1 g/mol. The van der Waals surface area contributed by atoms with Gasteiger partial charge in [-0.05, 0) is 0 Å². The van der Waals surface area contributed by atoms with Crippen LogP contribution in [0.2, 0.25) is 0 Å². The lowest BCUT2D eigenvalue weighted by atomic mass is 11.0. The third kappa shape index (κ3) is 3.27. The fraction of sp³-hybridized carbons (Fsp3) is 0.667. The van der Waals surface area contributed by atoms with E-state index >= 15 is 0 Å². The first-order valence-electron chi connectivity index (χ1n) is 1.61. The molecular weight excluding hydrogens is 80.0 g/mol. The predicted octanol–water partition coefficient (Wildman–Crippen LogP) is -0.0345. The van der Waals surface area contributed by atoms with E-state index in [1.165, 1.54) is 6.34 Å². The summed E-state index contributed by atoms with van der Waals surface area (Å²) in [6.45, 7) is 0. The Morgan fingerprint density at radius 3 is 2.17 bits per heavy atom. The Hall–Kier alpha value is -0.730. The van der Waals surface area contributed by atoms with Gasteiger partial charge in [-0.15, -0.1) is 0 Å². The molecule has 0 bridgehead atoms. The molecule has 0 aromatic rings. The van der Waals surface area contributed by atoms with Crippen LogP contribution in [-0.4, -0.2) is 30.5 Å². The summed E-state index contributed by atoms with van der Waals surface area (Å²) < 4.78 is 0. The summed E-state index contributed by atoms with van der Waals surface area (Å²) in [6, 6.07) is 0. The van der Waals surface area contributed by atoms with Crippen LogP contribution in [0.3, 0.4) is 0 Å². The van der Waals surface area contributed by atoms with Crippen LogP contribution in [0.5, 0.6) is 0 Å². The van der Waals surface area contributed by atoms with Crippen molar-refractivity contribution in [2.24, 2.45) is 5.16 Å². The van der Waals surface area contributed by atoms with Crippen LogP contribution in [0.4, 0.5) is 0 Å². The standard InChI is InChI=1S/C3H8N2O/c1-5(2)3-4-6/h3,6H,1-2H3/b4-3-. The van der Waals surface area contributed by atoms with E-state index in [1.54, 1.807) is 19.0 Å². The molecule has 0 atom stereocenters. The Morgan fingerprint density at radius 1 is 1.67 bits per heavy atom. The Kier molecular flexibility index (Phi) is 2.20. The molecule has 0 aromatic heterocycles. The molecule has 0 saturated heterocycles. The maximum atomic E-state index is 7.76. The molecule has 0 amide bonds. The minimum Gasteiger partial charge on any atom is -0.410 e. The minimum atomic E-state index is 1.31. The van der Waals surface area contributed by atoms with Crippen LogP contribution in [0, 0.1) is 0 Å². The summed E-state index contributed by atoms with van der Waals surface area (Å²) in [5.41, 5.74) is 0. The summed E-state index contributed by atoms with van der Waals surface area (Å²) in [5, 5.41) is 10.5. The van der Waals surface area contributed by atoms with Gasteiger partial charge in [0.1, 0.15) is 6.34 Å². The maximum absolute atomic E-state index is 7.76. The molecule has 3 heteroatoms. The molecule has 0 heterocycles. The molecule has 0 fully saturated rings. The highest BCUT2D eigenvalue weighted by molar-refractivity contribution is 5.52. The average Bonchev–Trinajstić information content (AvgIpc) is 1.35. The quantitative estimate of drug-likeness (QED) is 0.211. The summed E-state index contributed by atoms with van der Waals surface area (Å²) in [7, 11) is 3.56. The average molecular weight is 88.1 g/mol. The molecule has 0 radical (unpaired) electrons. The van der Waals surface area contributed by atoms with Gasteiger partial charge >= 0.3 is 0 Å². The maximum Gasteiger partial charge on any atom is 0.130 e. The first-order chi connectivity index (χ1) is 2.77. The smallest absolute Gasteiger partial charge is 0.130 e. The van der Waals surface area contributed by atoms with E-state index in [-0.39, 0.29) is 0 Å². The largest absolute Gasteiger partial charge is 0.410 e. The zero-order valence-electron chi connectivity index (χ0n) is 3.92. The molecule has 0 rings (SSSR count). The molecule has 6 heavy (non-hydrogen) atoms. The van der Waals surface area contributed by atoms with Gasteiger partial charge in [0.05, 0.1) is 0 Å². The number of hydrogen-bond donors (Lipinski definition) is 1. The molecular formula is C3H8N2O. The fourth-order valence-corrected chi connectivity index (χ4v) is 0.103. The van der Waals surface area contributed by atoms with Crippen LogP contribution < -0.4 is 0 Å². The lowest BCUT2D eigenvalue weighted by Crippen LogP contribution is -2.06. The van der Waals surface area contributed by atoms with Crippen molar-refractivity contribution in [1.82, 2.24) is 4.90 Å². The highest BCUT2D eigenvalue weighted by Gasteiger charge is 1.69. The van der Waals surface area contributed by atoms with Crippen molar-refractivity contribution in [3.63, 3.8) is 0 Å². The number of nitrogens with zero attached hydrogens (tertiary/aromatic N) is 2. The van der Waals surface area contributed by atoms with Gasteiger partial charge in [-0.1, -0.05) is 5.16 Å². The summed E-state index contributed by atoms with van der Waals surface area (Å²) in [6.07, 6.45) is 1.31. The van der Waals surface area contributed by atoms with Gasteiger partial charge in [0.2, 0.25) is 0 Å². The van der Waals surface area contributed by atoms with Crippen LogP contribution in [-0.2, 0) is 0 Å². The third-order valence-corrected chi connectivity index (χ3v) is 0.283. The van der Waals surface area contributed by atoms with Crippen molar-refractivity contribution in [2.75, 3.05) is 14.1 Å². The van der Waals surface area contributed by atoms with Crippen LogP contribution in [0.1, 0.15) is 0 Å². The molecule has 0 aromatic carbocycles. The predicted molar refractivity (Wildman–Crippen MR) is 24.0 cm³/mol. The SMILES string of the molecule is CN(C)/C=N\O. The molecule has 36 valence electrons. The zero-order valence-corrected chi connectivity index (χ0v) is 3.92. The van der Waals surface area contributed by atoms with E-state index in [2.05, 4.69) is 5.16 Å². The normalized spacial score (nSPS) is 9.67. The van der Waals surface area contributed by atoms with Gasteiger partial charge in [0, 0.05) is 14.1 Å². The van der Waals surface area contributed by atoms with Crippen molar-refractivity contribution in [3.8, 4) is 0 Å². The van der Waals surface area contributed by atoms with Crippen LogP contribution in [0.15, 0.2) is 5.16 Å². The van der Waals surface area contributed by atoms with Crippen LogP contribution >= 0.6 is 0 Å². The molecule has 1 N–H and O–H groups in total. The molecule has 0 saturated carbocycles. The van der Waals surface area contributed by atoms with Crippen molar-refractivity contribution in [2.45, 2.75) is 0 Å². The van der Waals surface area contributed by atoms with E-state index in [1.807, 2.05) is 0 Å². The minimum absolute atomic E-state index is 1.31. The second-order valence-electron chi connectivity index (χ2n) is 1.19. The fourth-order valence-electron chi connectivity index (χ4n) is 0.103. The molecule has 0 aliphatic carbocycles.